The molecule has 1 aliphatic rings. The van der Waals surface area contributed by atoms with Gasteiger partial charge in [-0.1, -0.05) is 0 Å². The zero-order valence-corrected chi connectivity index (χ0v) is 12.4. The van der Waals surface area contributed by atoms with E-state index in [1.54, 1.807) is 0 Å². The molecule has 0 bridgehead atoms. The third-order valence-corrected chi connectivity index (χ3v) is 3.47. The first-order valence-corrected chi connectivity index (χ1v) is 7.04. The Morgan fingerprint density at radius 3 is 2.77 bits per heavy atom. The summed E-state index contributed by atoms with van der Waals surface area (Å²) in [6.45, 7) is 4.44. The van der Waals surface area contributed by atoms with Gasteiger partial charge in [0.05, 0.1) is 12.0 Å². The molecule has 1 aromatic carbocycles. The first-order valence-electron chi connectivity index (χ1n) is 7.04. The molecular formula is C14H19N3O5. The molecule has 1 aromatic rings. The number of ether oxygens (including phenoxy) is 2. The quantitative estimate of drug-likeness (QED) is 0.469. The van der Waals surface area contributed by atoms with Crippen LogP contribution in [0, 0.1) is 10.1 Å². The van der Waals surface area contributed by atoms with Crippen LogP contribution in [0.15, 0.2) is 18.2 Å². The largest absolute Gasteiger partial charge is 0.497 e. The Hall–Kier alpha value is -2.19. The van der Waals surface area contributed by atoms with Gasteiger partial charge >= 0.3 is 5.97 Å². The van der Waals surface area contributed by atoms with E-state index in [2.05, 4.69) is 10.2 Å². The molecule has 2 rings (SSSR count). The van der Waals surface area contributed by atoms with E-state index < -0.39 is 10.9 Å². The molecular weight excluding hydrogens is 290 g/mol. The molecule has 120 valence electrons. The highest BCUT2D eigenvalue weighted by molar-refractivity contribution is 5.94. The van der Waals surface area contributed by atoms with Crippen LogP contribution in [0.2, 0.25) is 0 Å². The van der Waals surface area contributed by atoms with Crippen molar-refractivity contribution < 1.29 is 19.2 Å². The van der Waals surface area contributed by atoms with E-state index in [1.165, 1.54) is 25.3 Å². The van der Waals surface area contributed by atoms with Gasteiger partial charge in [0.15, 0.2) is 0 Å². The van der Waals surface area contributed by atoms with Gasteiger partial charge in [0.2, 0.25) is 0 Å². The van der Waals surface area contributed by atoms with Crippen molar-refractivity contribution in [2.75, 3.05) is 46.4 Å². The lowest BCUT2D eigenvalue weighted by molar-refractivity contribution is -0.385. The van der Waals surface area contributed by atoms with E-state index in [0.717, 1.165) is 26.2 Å². The lowest BCUT2D eigenvalue weighted by Crippen LogP contribution is -2.44. The van der Waals surface area contributed by atoms with Crippen molar-refractivity contribution in [3.05, 3.63) is 33.9 Å². The average Bonchev–Trinajstić information content (AvgIpc) is 2.55. The van der Waals surface area contributed by atoms with Crippen LogP contribution in [0.3, 0.4) is 0 Å². The minimum Gasteiger partial charge on any atom is -0.497 e. The fraction of sp³-hybridized carbons (Fsp3) is 0.500. The molecule has 8 nitrogen and oxygen atoms in total. The Bertz CT molecular complexity index is 543. The van der Waals surface area contributed by atoms with Gasteiger partial charge in [-0.2, -0.15) is 0 Å². The van der Waals surface area contributed by atoms with Crippen molar-refractivity contribution in [2.24, 2.45) is 0 Å². The van der Waals surface area contributed by atoms with Crippen LogP contribution in [0.5, 0.6) is 5.75 Å². The number of methoxy groups -OCH3 is 1. The molecule has 0 spiro atoms. The number of carbonyl (C=O) groups excluding carboxylic acids is 1. The van der Waals surface area contributed by atoms with E-state index in [4.69, 9.17) is 9.47 Å². The van der Waals surface area contributed by atoms with Gasteiger partial charge in [-0.05, 0) is 6.07 Å². The van der Waals surface area contributed by atoms with Crippen molar-refractivity contribution in [3.8, 4) is 5.75 Å². The summed E-state index contributed by atoms with van der Waals surface area (Å²) in [7, 11) is 1.43. The Morgan fingerprint density at radius 1 is 1.41 bits per heavy atom. The average molecular weight is 309 g/mol. The van der Waals surface area contributed by atoms with E-state index in [1.807, 2.05) is 0 Å². The predicted molar refractivity (Wildman–Crippen MR) is 79.2 cm³/mol. The number of carbonyl (C=O) groups is 1. The van der Waals surface area contributed by atoms with E-state index in [9.17, 15) is 14.9 Å². The Kier molecular flexibility index (Phi) is 5.68. The normalized spacial score (nSPS) is 15.3. The molecule has 1 fully saturated rings. The van der Waals surface area contributed by atoms with Gasteiger partial charge < -0.3 is 14.8 Å². The monoisotopic (exact) mass is 309 g/mol. The first-order chi connectivity index (χ1) is 10.6. The number of rotatable bonds is 6. The van der Waals surface area contributed by atoms with Crippen LogP contribution in [0.4, 0.5) is 5.69 Å². The number of hydrogen-bond donors (Lipinski definition) is 1. The summed E-state index contributed by atoms with van der Waals surface area (Å²) in [6.07, 6.45) is 0. The Morgan fingerprint density at radius 2 is 2.14 bits per heavy atom. The highest BCUT2D eigenvalue weighted by Crippen LogP contribution is 2.24. The zero-order valence-electron chi connectivity index (χ0n) is 12.4. The summed E-state index contributed by atoms with van der Waals surface area (Å²) in [5.74, 6) is -0.333. The second-order valence-electron chi connectivity index (χ2n) is 4.87. The molecule has 0 aliphatic carbocycles. The Balaban J connectivity index is 1.97. The number of nitrogens with one attached hydrogen (secondary N) is 1. The first kappa shape index (κ1) is 16.2. The summed E-state index contributed by atoms with van der Waals surface area (Å²) in [6, 6.07) is 4.01. The minimum absolute atomic E-state index is 0.0929. The minimum atomic E-state index is -0.708. The molecule has 1 heterocycles. The molecule has 22 heavy (non-hydrogen) atoms. The molecule has 8 heteroatoms. The molecule has 0 radical (unpaired) electrons. The Labute approximate surface area is 128 Å². The van der Waals surface area contributed by atoms with Crippen LogP contribution in [-0.4, -0.2) is 62.2 Å². The van der Waals surface area contributed by atoms with Crippen molar-refractivity contribution in [1.29, 1.82) is 0 Å². The maximum atomic E-state index is 12.1. The van der Waals surface area contributed by atoms with Gasteiger partial charge in [0.1, 0.15) is 17.9 Å². The number of piperazine rings is 1. The predicted octanol–water partition coefficient (Wildman–Crippen LogP) is 0.665. The number of esters is 1. The molecule has 0 saturated carbocycles. The van der Waals surface area contributed by atoms with Gasteiger partial charge in [-0.25, -0.2) is 4.79 Å². The van der Waals surface area contributed by atoms with Gasteiger partial charge in [-0.3, -0.25) is 15.0 Å². The standard InChI is InChI=1S/C14H19N3O5/c1-21-11-2-3-13(17(19)20)12(10-11)14(18)22-9-8-16-6-4-15-5-7-16/h2-3,10,15H,4-9H2,1H3. The zero-order chi connectivity index (χ0) is 15.9. The maximum absolute atomic E-state index is 12.1. The van der Waals surface area contributed by atoms with Crippen LogP contribution in [0.1, 0.15) is 10.4 Å². The van der Waals surface area contributed by atoms with E-state index in [-0.39, 0.29) is 17.9 Å². The summed E-state index contributed by atoms with van der Waals surface area (Å²) < 4.78 is 10.2. The van der Waals surface area contributed by atoms with Crippen molar-refractivity contribution in [2.45, 2.75) is 0 Å². The second-order valence-corrected chi connectivity index (χ2v) is 4.87. The van der Waals surface area contributed by atoms with Gasteiger partial charge in [0.25, 0.3) is 5.69 Å². The third-order valence-electron chi connectivity index (χ3n) is 3.47. The number of hydrogen-bond acceptors (Lipinski definition) is 7. The molecule has 0 aromatic heterocycles. The summed E-state index contributed by atoms with van der Waals surface area (Å²) in [5.41, 5.74) is -0.377. The fourth-order valence-corrected chi connectivity index (χ4v) is 2.24. The SMILES string of the molecule is COc1ccc([N+](=O)[O-])c(C(=O)OCCN2CCNCC2)c1. The topological polar surface area (TPSA) is 93.9 Å². The smallest absolute Gasteiger partial charge is 0.345 e. The molecule has 0 atom stereocenters. The van der Waals surface area contributed by atoms with E-state index in [0.29, 0.717) is 12.3 Å². The van der Waals surface area contributed by atoms with Crippen molar-refractivity contribution in [1.82, 2.24) is 10.2 Å². The summed E-state index contributed by atoms with van der Waals surface area (Å²) in [4.78, 5) is 24.6. The summed E-state index contributed by atoms with van der Waals surface area (Å²) in [5, 5.41) is 14.2. The number of benzene rings is 1. The van der Waals surface area contributed by atoms with Crippen molar-refractivity contribution >= 4 is 11.7 Å². The fourth-order valence-electron chi connectivity index (χ4n) is 2.24. The second kappa shape index (κ2) is 7.71. The highest BCUT2D eigenvalue weighted by atomic mass is 16.6. The lowest BCUT2D eigenvalue weighted by atomic mass is 10.1. The third kappa shape index (κ3) is 4.15. The lowest BCUT2D eigenvalue weighted by Gasteiger charge is -2.26. The maximum Gasteiger partial charge on any atom is 0.345 e. The van der Waals surface area contributed by atoms with Crippen LogP contribution < -0.4 is 10.1 Å². The molecule has 0 unspecified atom stereocenters. The highest BCUT2D eigenvalue weighted by Gasteiger charge is 2.22. The van der Waals surface area contributed by atoms with Gasteiger partial charge in [-0.15, -0.1) is 0 Å². The summed E-state index contributed by atoms with van der Waals surface area (Å²) >= 11 is 0. The van der Waals surface area contributed by atoms with Gasteiger partial charge in [0, 0.05) is 44.9 Å². The molecule has 1 saturated heterocycles. The molecule has 0 amide bonds. The van der Waals surface area contributed by atoms with Crippen LogP contribution in [-0.2, 0) is 4.74 Å². The number of nitrogens with zero attached hydrogens (tertiary/aromatic N) is 2. The van der Waals surface area contributed by atoms with Crippen molar-refractivity contribution in [3.63, 3.8) is 0 Å². The van der Waals surface area contributed by atoms with Crippen LogP contribution >= 0.6 is 0 Å². The van der Waals surface area contributed by atoms with Crippen LogP contribution in [0.25, 0.3) is 0 Å². The molecule has 1 aliphatic heterocycles. The molecule has 1 N–H and O–H groups in total. The number of nitro groups is 1. The van der Waals surface area contributed by atoms with E-state index >= 15 is 0 Å². The number of nitro benzene ring substituents is 1.